The molecule has 0 radical (unpaired) electrons. The minimum atomic E-state index is 0.760. The molecule has 0 unspecified atom stereocenters. The van der Waals surface area contributed by atoms with Crippen molar-refractivity contribution in [3.8, 4) is 5.75 Å². The van der Waals surface area contributed by atoms with Gasteiger partial charge in [-0.1, -0.05) is 24.3 Å². The molecule has 0 spiro atoms. The highest BCUT2D eigenvalue weighted by atomic mass is 16.5. The molecule has 3 nitrogen and oxygen atoms in total. The number of aromatic nitrogens is 1. The molecular weight excluding hydrogens is 200 g/mol. The number of ether oxygens (including phenoxy) is 1. The van der Waals surface area contributed by atoms with Crippen molar-refractivity contribution in [2.24, 2.45) is 0 Å². The predicted molar refractivity (Wildman–Crippen MR) is 66.8 cm³/mol. The van der Waals surface area contributed by atoms with Crippen molar-refractivity contribution in [1.29, 1.82) is 0 Å². The lowest BCUT2D eigenvalue weighted by Crippen LogP contribution is -1.85. The molecule has 0 fully saturated rings. The van der Waals surface area contributed by atoms with Crippen LogP contribution < -0.4 is 10.5 Å². The van der Waals surface area contributed by atoms with Gasteiger partial charge in [0.1, 0.15) is 5.75 Å². The fourth-order valence-electron chi connectivity index (χ4n) is 2.11. The number of para-hydroxylation sites is 2. The fourth-order valence-corrected chi connectivity index (χ4v) is 2.11. The average Bonchev–Trinajstić information content (AvgIpc) is 2.69. The minimum absolute atomic E-state index is 0.760. The third-order valence-corrected chi connectivity index (χ3v) is 2.88. The number of H-pyrrole nitrogens is 1. The molecule has 0 atom stereocenters. The van der Waals surface area contributed by atoms with Crippen LogP contribution in [0.25, 0.3) is 21.8 Å². The summed E-state index contributed by atoms with van der Waals surface area (Å²) in [7, 11) is 1.67. The van der Waals surface area contributed by atoms with Gasteiger partial charge in [-0.2, -0.15) is 0 Å². The van der Waals surface area contributed by atoms with Crippen molar-refractivity contribution in [2.45, 2.75) is 0 Å². The zero-order valence-electron chi connectivity index (χ0n) is 8.95. The van der Waals surface area contributed by atoms with E-state index in [-0.39, 0.29) is 0 Å². The lowest BCUT2D eigenvalue weighted by molar-refractivity contribution is 0.419. The van der Waals surface area contributed by atoms with E-state index in [0.29, 0.717) is 0 Å². The van der Waals surface area contributed by atoms with Crippen LogP contribution in [0.4, 0.5) is 5.69 Å². The largest absolute Gasteiger partial charge is 0.495 e. The number of anilines is 1. The Hall–Kier alpha value is -2.16. The molecule has 0 aliphatic rings. The topological polar surface area (TPSA) is 51.0 Å². The lowest BCUT2D eigenvalue weighted by atomic mass is 10.1. The van der Waals surface area contributed by atoms with Crippen LogP contribution in [0.1, 0.15) is 0 Å². The Bertz CT molecular complexity index is 670. The maximum Gasteiger partial charge on any atom is 0.142 e. The van der Waals surface area contributed by atoms with E-state index in [1.807, 2.05) is 24.3 Å². The van der Waals surface area contributed by atoms with Gasteiger partial charge in [-0.15, -0.1) is 0 Å². The average molecular weight is 212 g/mol. The Morgan fingerprint density at radius 3 is 2.44 bits per heavy atom. The molecule has 80 valence electrons. The van der Waals surface area contributed by atoms with Crippen LogP contribution in [0, 0.1) is 0 Å². The number of aromatic amines is 1. The highest BCUT2D eigenvalue weighted by Gasteiger charge is 2.09. The van der Waals surface area contributed by atoms with Gasteiger partial charge in [-0.25, -0.2) is 0 Å². The van der Waals surface area contributed by atoms with E-state index in [2.05, 4.69) is 17.1 Å². The molecule has 1 aromatic heterocycles. The summed E-state index contributed by atoms with van der Waals surface area (Å²) in [5.74, 6) is 0.841. The van der Waals surface area contributed by atoms with Crippen LogP contribution in [-0.4, -0.2) is 12.1 Å². The summed E-state index contributed by atoms with van der Waals surface area (Å²) >= 11 is 0. The van der Waals surface area contributed by atoms with Crippen molar-refractivity contribution in [3.63, 3.8) is 0 Å². The number of nitrogens with two attached hydrogens (primary N) is 1. The van der Waals surface area contributed by atoms with E-state index in [1.54, 1.807) is 7.11 Å². The normalized spacial score (nSPS) is 11.1. The summed E-state index contributed by atoms with van der Waals surface area (Å²) in [6, 6.07) is 11.9. The molecule has 3 heteroatoms. The molecule has 0 aliphatic carbocycles. The molecule has 1 heterocycles. The van der Waals surface area contributed by atoms with Crippen LogP contribution in [0.3, 0.4) is 0 Å². The molecule has 0 amide bonds. The lowest BCUT2D eigenvalue weighted by Gasteiger charge is -1.99. The van der Waals surface area contributed by atoms with Crippen molar-refractivity contribution in [2.75, 3.05) is 12.8 Å². The van der Waals surface area contributed by atoms with E-state index in [1.165, 1.54) is 0 Å². The Morgan fingerprint density at radius 1 is 1.00 bits per heavy atom. The molecule has 3 N–H and O–H groups in total. The quantitative estimate of drug-likeness (QED) is 0.609. The van der Waals surface area contributed by atoms with E-state index in [0.717, 1.165) is 33.2 Å². The third-order valence-electron chi connectivity index (χ3n) is 2.88. The number of hydrogen-bond donors (Lipinski definition) is 2. The molecular formula is C13H12N2O. The van der Waals surface area contributed by atoms with Gasteiger partial charge < -0.3 is 15.5 Å². The molecule has 2 aromatic carbocycles. The number of rotatable bonds is 1. The summed E-state index contributed by atoms with van der Waals surface area (Å²) < 4.78 is 5.32. The van der Waals surface area contributed by atoms with Crippen LogP contribution in [0.5, 0.6) is 5.75 Å². The fraction of sp³-hybridized carbons (Fsp3) is 0.0769. The van der Waals surface area contributed by atoms with Gasteiger partial charge in [-0.05, 0) is 12.1 Å². The number of hydrogen-bond acceptors (Lipinski definition) is 2. The highest BCUT2D eigenvalue weighted by molar-refractivity contribution is 6.12. The first kappa shape index (κ1) is 9.09. The summed E-state index contributed by atoms with van der Waals surface area (Å²) in [6.45, 7) is 0. The SMILES string of the molecule is COc1cccc2c1[nH]c1c(N)cccc12. The van der Waals surface area contributed by atoms with E-state index >= 15 is 0 Å². The summed E-state index contributed by atoms with van der Waals surface area (Å²) in [5, 5.41) is 2.27. The second-order valence-corrected chi connectivity index (χ2v) is 3.78. The van der Waals surface area contributed by atoms with E-state index < -0.39 is 0 Å². The maximum atomic E-state index is 5.94. The predicted octanol–water partition coefficient (Wildman–Crippen LogP) is 2.91. The molecule has 0 saturated carbocycles. The molecule has 0 bridgehead atoms. The van der Waals surface area contributed by atoms with Gasteiger partial charge in [0.2, 0.25) is 0 Å². The first-order valence-corrected chi connectivity index (χ1v) is 5.14. The van der Waals surface area contributed by atoms with Crippen molar-refractivity contribution in [1.82, 2.24) is 4.98 Å². The monoisotopic (exact) mass is 212 g/mol. The zero-order valence-corrected chi connectivity index (χ0v) is 8.95. The number of fused-ring (bicyclic) bond motifs is 3. The number of benzene rings is 2. The maximum absolute atomic E-state index is 5.94. The summed E-state index contributed by atoms with van der Waals surface area (Å²) in [5.41, 5.74) is 8.67. The minimum Gasteiger partial charge on any atom is -0.495 e. The van der Waals surface area contributed by atoms with Crippen molar-refractivity contribution < 1.29 is 4.74 Å². The molecule has 0 saturated heterocycles. The Morgan fingerprint density at radius 2 is 1.69 bits per heavy atom. The third kappa shape index (κ3) is 1.08. The highest BCUT2D eigenvalue weighted by Crippen LogP contribution is 2.33. The number of nitrogen functional groups attached to an aromatic ring is 1. The van der Waals surface area contributed by atoms with Gasteiger partial charge in [0, 0.05) is 10.8 Å². The van der Waals surface area contributed by atoms with Crippen LogP contribution in [0.15, 0.2) is 36.4 Å². The summed E-state index contributed by atoms with van der Waals surface area (Å²) in [6.07, 6.45) is 0. The van der Waals surface area contributed by atoms with E-state index in [9.17, 15) is 0 Å². The Labute approximate surface area is 92.8 Å². The van der Waals surface area contributed by atoms with E-state index in [4.69, 9.17) is 10.5 Å². The van der Waals surface area contributed by atoms with Crippen molar-refractivity contribution in [3.05, 3.63) is 36.4 Å². The second-order valence-electron chi connectivity index (χ2n) is 3.78. The molecule has 0 aliphatic heterocycles. The first-order chi connectivity index (χ1) is 7.81. The molecule has 3 rings (SSSR count). The zero-order chi connectivity index (χ0) is 11.1. The second kappa shape index (κ2) is 3.17. The van der Waals surface area contributed by atoms with Gasteiger partial charge in [0.25, 0.3) is 0 Å². The van der Waals surface area contributed by atoms with Crippen LogP contribution in [0.2, 0.25) is 0 Å². The summed E-state index contributed by atoms with van der Waals surface area (Å²) in [4.78, 5) is 3.32. The number of methoxy groups -OCH3 is 1. The first-order valence-electron chi connectivity index (χ1n) is 5.14. The van der Waals surface area contributed by atoms with Gasteiger partial charge in [-0.3, -0.25) is 0 Å². The Balaban J connectivity index is 2.55. The van der Waals surface area contributed by atoms with Gasteiger partial charge in [0.05, 0.1) is 23.8 Å². The number of nitrogens with one attached hydrogen (secondary N) is 1. The van der Waals surface area contributed by atoms with Crippen LogP contribution >= 0.6 is 0 Å². The van der Waals surface area contributed by atoms with Crippen LogP contribution in [-0.2, 0) is 0 Å². The van der Waals surface area contributed by atoms with Gasteiger partial charge >= 0.3 is 0 Å². The van der Waals surface area contributed by atoms with Gasteiger partial charge in [0.15, 0.2) is 0 Å². The van der Waals surface area contributed by atoms with Crippen molar-refractivity contribution >= 4 is 27.5 Å². The molecule has 16 heavy (non-hydrogen) atoms. The Kier molecular flexibility index (Phi) is 1.80. The standard InChI is InChI=1S/C13H12N2O/c1-16-11-7-3-5-9-8-4-2-6-10(14)12(8)15-13(9)11/h2-7,15H,14H2,1H3. The molecule has 3 aromatic rings. The smallest absolute Gasteiger partial charge is 0.142 e.